The zero-order chi connectivity index (χ0) is 13.0. The van der Waals surface area contributed by atoms with Crippen LogP contribution in [0.2, 0.25) is 0 Å². The molecule has 1 amide bonds. The van der Waals surface area contributed by atoms with Crippen molar-refractivity contribution in [3.63, 3.8) is 0 Å². The number of carbonyl (C=O) groups is 1. The number of aryl methyl sites for hydroxylation is 1. The van der Waals surface area contributed by atoms with Gasteiger partial charge in [-0.1, -0.05) is 6.07 Å². The van der Waals surface area contributed by atoms with Gasteiger partial charge < -0.3 is 10.4 Å². The Hall–Kier alpha value is -1.17. The molecule has 0 spiro atoms. The van der Waals surface area contributed by atoms with Gasteiger partial charge in [0, 0.05) is 16.3 Å². The Morgan fingerprint density at radius 2 is 2.22 bits per heavy atom. The van der Waals surface area contributed by atoms with Crippen LogP contribution in [0, 0.1) is 6.92 Å². The van der Waals surface area contributed by atoms with Gasteiger partial charge in [-0.25, -0.2) is 0 Å². The highest BCUT2D eigenvalue weighted by atomic mass is 32.1. The minimum atomic E-state index is -0.614. The number of hydrogen-bond donors (Lipinski definition) is 2. The molecule has 2 N–H and O–H groups in total. The van der Waals surface area contributed by atoms with Crippen molar-refractivity contribution in [3.8, 4) is 0 Å². The minimum absolute atomic E-state index is 0.0503. The molecule has 0 aromatic carbocycles. The summed E-state index contributed by atoms with van der Waals surface area (Å²) in [4.78, 5) is 13.6. The van der Waals surface area contributed by atoms with Crippen LogP contribution in [0.3, 0.4) is 0 Å². The van der Waals surface area contributed by atoms with Gasteiger partial charge in [-0.05, 0) is 35.4 Å². The van der Waals surface area contributed by atoms with Crippen LogP contribution in [0.1, 0.15) is 21.4 Å². The van der Waals surface area contributed by atoms with Crippen LogP contribution >= 0.6 is 22.7 Å². The molecule has 96 valence electrons. The molecule has 2 aromatic rings. The van der Waals surface area contributed by atoms with Crippen molar-refractivity contribution in [2.24, 2.45) is 0 Å². The maximum absolute atomic E-state index is 11.7. The molecule has 2 rings (SSSR count). The first-order valence-electron chi connectivity index (χ1n) is 5.68. The normalized spacial score (nSPS) is 12.3. The molecule has 3 nitrogen and oxygen atoms in total. The molecule has 2 aromatic heterocycles. The van der Waals surface area contributed by atoms with E-state index in [1.165, 1.54) is 11.3 Å². The Labute approximate surface area is 114 Å². The van der Waals surface area contributed by atoms with E-state index in [-0.39, 0.29) is 12.5 Å². The summed E-state index contributed by atoms with van der Waals surface area (Å²) in [5.74, 6) is -0.0503. The first-order valence-corrected chi connectivity index (χ1v) is 7.44. The van der Waals surface area contributed by atoms with Gasteiger partial charge in [-0.2, -0.15) is 0 Å². The van der Waals surface area contributed by atoms with Gasteiger partial charge in [0.15, 0.2) is 0 Å². The molecule has 0 aliphatic carbocycles. The topological polar surface area (TPSA) is 49.3 Å². The SMILES string of the molecule is Cc1ccsc1C(O)CNC(=O)Cc1cccs1. The predicted molar refractivity (Wildman–Crippen MR) is 75.0 cm³/mol. The Kier molecular flexibility index (Phi) is 4.52. The fourth-order valence-corrected chi connectivity index (χ4v) is 3.28. The molecule has 0 aliphatic rings. The minimum Gasteiger partial charge on any atom is -0.386 e. The second-order valence-corrected chi connectivity index (χ2v) is 6.02. The zero-order valence-electron chi connectivity index (χ0n) is 10.1. The smallest absolute Gasteiger partial charge is 0.225 e. The molecule has 0 radical (unpaired) electrons. The lowest BCUT2D eigenvalue weighted by Crippen LogP contribution is -2.29. The van der Waals surface area contributed by atoms with Crippen molar-refractivity contribution in [2.45, 2.75) is 19.4 Å². The van der Waals surface area contributed by atoms with Gasteiger partial charge >= 0.3 is 0 Å². The zero-order valence-corrected chi connectivity index (χ0v) is 11.7. The summed E-state index contributed by atoms with van der Waals surface area (Å²) in [6, 6.07) is 5.83. The van der Waals surface area contributed by atoms with E-state index in [9.17, 15) is 9.90 Å². The molecule has 5 heteroatoms. The Morgan fingerprint density at radius 3 is 2.83 bits per heavy atom. The van der Waals surface area contributed by atoms with Crippen LogP contribution in [-0.2, 0) is 11.2 Å². The molecule has 0 fully saturated rings. The van der Waals surface area contributed by atoms with Gasteiger partial charge in [0.2, 0.25) is 5.91 Å². The molecule has 0 aliphatic heterocycles. The molecule has 1 unspecified atom stereocenters. The Balaban J connectivity index is 1.81. The third kappa shape index (κ3) is 3.41. The standard InChI is InChI=1S/C13H15NO2S2/c1-9-4-6-18-13(9)11(15)8-14-12(16)7-10-3-2-5-17-10/h2-6,11,15H,7-8H2,1H3,(H,14,16). The number of hydrogen-bond acceptors (Lipinski definition) is 4. The lowest BCUT2D eigenvalue weighted by Gasteiger charge is -2.11. The van der Waals surface area contributed by atoms with Crippen molar-refractivity contribution in [2.75, 3.05) is 6.54 Å². The third-order valence-corrected chi connectivity index (χ3v) is 4.61. The van der Waals surface area contributed by atoms with Crippen molar-refractivity contribution >= 4 is 28.6 Å². The molecule has 0 saturated heterocycles. The van der Waals surface area contributed by atoms with E-state index in [2.05, 4.69) is 5.32 Å². The lowest BCUT2D eigenvalue weighted by atomic mass is 10.2. The highest BCUT2D eigenvalue weighted by molar-refractivity contribution is 7.10. The summed E-state index contributed by atoms with van der Waals surface area (Å²) in [5, 5.41) is 16.6. The van der Waals surface area contributed by atoms with Crippen LogP contribution in [-0.4, -0.2) is 17.6 Å². The number of aliphatic hydroxyl groups excluding tert-OH is 1. The van der Waals surface area contributed by atoms with Gasteiger partial charge in [0.25, 0.3) is 0 Å². The summed E-state index contributed by atoms with van der Waals surface area (Å²) in [6.45, 7) is 2.23. The molecule has 0 bridgehead atoms. The second kappa shape index (κ2) is 6.13. The molecular weight excluding hydrogens is 266 g/mol. The maximum Gasteiger partial charge on any atom is 0.225 e. The second-order valence-electron chi connectivity index (χ2n) is 4.04. The van der Waals surface area contributed by atoms with Crippen LogP contribution in [0.5, 0.6) is 0 Å². The van der Waals surface area contributed by atoms with E-state index >= 15 is 0 Å². The summed E-state index contributed by atoms with van der Waals surface area (Å²) >= 11 is 3.08. The maximum atomic E-state index is 11.7. The van der Waals surface area contributed by atoms with E-state index in [0.717, 1.165) is 15.3 Å². The molecule has 0 saturated carbocycles. The Morgan fingerprint density at radius 1 is 1.39 bits per heavy atom. The average Bonchev–Trinajstić information content (AvgIpc) is 2.97. The van der Waals surface area contributed by atoms with Crippen molar-refractivity contribution in [1.29, 1.82) is 0 Å². The van der Waals surface area contributed by atoms with E-state index < -0.39 is 6.10 Å². The number of nitrogens with one attached hydrogen (secondary N) is 1. The average molecular weight is 281 g/mol. The summed E-state index contributed by atoms with van der Waals surface area (Å²) < 4.78 is 0. The van der Waals surface area contributed by atoms with Crippen molar-refractivity contribution < 1.29 is 9.90 Å². The highest BCUT2D eigenvalue weighted by Gasteiger charge is 2.13. The monoisotopic (exact) mass is 281 g/mol. The predicted octanol–water partition coefficient (Wildman–Crippen LogP) is 2.51. The van der Waals surface area contributed by atoms with Crippen LogP contribution in [0.15, 0.2) is 29.0 Å². The van der Waals surface area contributed by atoms with Crippen molar-refractivity contribution in [1.82, 2.24) is 5.32 Å². The first kappa shape index (κ1) is 13.3. The number of carbonyl (C=O) groups excluding carboxylic acids is 1. The molecular formula is C13H15NO2S2. The fourth-order valence-electron chi connectivity index (χ4n) is 1.66. The largest absolute Gasteiger partial charge is 0.386 e. The van der Waals surface area contributed by atoms with E-state index in [1.807, 2.05) is 35.9 Å². The molecule has 2 heterocycles. The van der Waals surface area contributed by atoms with Crippen LogP contribution in [0.4, 0.5) is 0 Å². The first-order chi connectivity index (χ1) is 8.66. The van der Waals surface area contributed by atoms with Gasteiger partial charge in [0.05, 0.1) is 6.42 Å². The number of amides is 1. The van der Waals surface area contributed by atoms with E-state index in [1.54, 1.807) is 11.3 Å². The van der Waals surface area contributed by atoms with Gasteiger partial charge in [-0.3, -0.25) is 4.79 Å². The summed E-state index contributed by atoms with van der Waals surface area (Å²) in [6.07, 6.45) is -0.231. The molecule has 1 atom stereocenters. The number of rotatable bonds is 5. The van der Waals surface area contributed by atoms with Crippen LogP contribution < -0.4 is 5.32 Å². The summed E-state index contributed by atoms with van der Waals surface area (Å²) in [5.41, 5.74) is 1.07. The van der Waals surface area contributed by atoms with Gasteiger partial charge in [-0.15, -0.1) is 22.7 Å². The molecule has 18 heavy (non-hydrogen) atoms. The Bertz CT molecular complexity index is 505. The summed E-state index contributed by atoms with van der Waals surface area (Å²) in [7, 11) is 0. The van der Waals surface area contributed by atoms with E-state index in [4.69, 9.17) is 0 Å². The third-order valence-electron chi connectivity index (χ3n) is 2.61. The fraction of sp³-hybridized carbons (Fsp3) is 0.308. The quantitative estimate of drug-likeness (QED) is 0.884. The van der Waals surface area contributed by atoms with Crippen molar-refractivity contribution in [3.05, 3.63) is 44.3 Å². The van der Waals surface area contributed by atoms with Crippen LogP contribution in [0.25, 0.3) is 0 Å². The number of aliphatic hydroxyl groups is 1. The lowest BCUT2D eigenvalue weighted by molar-refractivity contribution is -0.120. The van der Waals surface area contributed by atoms with E-state index in [0.29, 0.717) is 6.42 Å². The number of thiophene rings is 2. The highest BCUT2D eigenvalue weighted by Crippen LogP contribution is 2.23. The van der Waals surface area contributed by atoms with Gasteiger partial charge in [0.1, 0.15) is 6.10 Å².